The Bertz CT molecular complexity index is 1190. The van der Waals surface area contributed by atoms with Crippen molar-refractivity contribution >= 4 is 21.6 Å². The van der Waals surface area contributed by atoms with Gasteiger partial charge in [0.2, 0.25) is 5.91 Å². The molecular formula is C27H32N2O5S. The molecule has 0 aliphatic rings. The van der Waals surface area contributed by atoms with E-state index in [9.17, 15) is 13.2 Å². The van der Waals surface area contributed by atoms with E-state index >= 15 is 0 Å². The molecule has 0 radical (unpaired) electrons. The summed E-state index contributed by atoms with van der Waals surface area (Å²) in [5.41, 5.74) is 1.33. The molecule has 1 N–H and O–H groups in total. The third-order valence-electron chi connectivity index (χ3n) is 5.54. The van der Waals surface area contributed by atoms with Gasteiger partial charge in [0.15, 0.2) is 0 Å². The van der Waals surface area contributed by atoms with Gasteiger partial charge >= 0.3 is 0 Å². The Hall–Kier alpha value is -3.52. The molecule has 3 aromatic rings. The third kappa shape index (κ3) is 6.76. The van der Waals surface area contributed by atoms with E-state index in [2.05, 4.69) is 19.2 Å². The number of para-hydroxylation sites is 1. The summed E-state index contributed by atoms with van der Waals surface area (Å²) >= 11 is 0. The highest BCUT2D eigenvalue weighted by Crippen LogP contribution is 2.26. The second-order valence-corrected chi connectivity index (χ2v) is 10.4. The lowest BCUT2D eigenvalue weighted by Crippen LogP contribution is -2.42. The maximum Gasteiger partial charge on any atom is 0.264 e. The van der Waals surface area contributed by atoms with Crippen LogP contribution in [0, 0.1) is 5.92 Å². The number of anilines is 1. The maximum absolute atomic E-state index is 13.6. The summed E-state index contributed by atoms with van der Waals surface area (Å²) in [6.07, 6.45) is 0.703. The van der Waals surface area contributed by atoms with Crippen molar-refractivity contribution in [2.24, 2.45) is 5.92 Å². The number of rotatable bonds is 11. The number of amides is 1. The van der Waals surface area contributed by atoms with Crippen molar-refractivity contribution < 1.29 is 22.7 Å². The fourth-order valence-electron chi connectivity index (χ4n) is 3.74. The van der Waals surface area contributed by atoms with Crippen molar-refractivity contribution in [2.45, 2.75) is 31.2 Å². The lowest BCUT2D eigenvalue weighted by molar-refractivity contribution is -0.120. The van der Waals surface area contributed by atoms with Crippen LogP contribution in [0.4, 0.5) is 5.69 Å². The molecule has 3 rings (SSSR count). The Balaban J connectivity index is 1.88. The van der Waals surface area contributed by atoms with Gasteiger partial charge in [-0.2, -0.15) is 0 Å². The zero-order valence-electron chi connectivity index (χ0n) is 20.5. The first-order valence-corrected chi connectivity index (χ1v) is 12.8. The Labute approximate surface area is 207 Å². The molecule has 0 aromatic heterocycles. The third-order valence-corrected chi connectivity index (χ3v) is 7.33. The fourth-order valence-corrected chi connectivity index (χ4v) is 5.16. The van der Waals surface area contributed by atoms with Crippen molar-refractivity contribution in [1.29, 1.82) is 0 Å². The summed E-state index contributed by atoms with van der Waals surface area (Å²) in [4.78, 5) is 13.3. The van der Waals surface area contributed by atoms with Crippen LogP contribution < -0.4 is 19.1 Å². The smallest absolute Gasteiger partial charge is 0.264 e. The van der Waals surface area contributed by atoms with Crippen LogP contribution in [0.2, 0.25) is 0 Å². The van der Waals surface area contributed by atoms with Gasteiger partial charge in [-0.3, -0.25) is 9.10 Å². The minimum Gasteiger partial charge on any atom is -0.497 e. The van der Waals surface area contributed by atoms with Gasteiger partial charge < -0.3 is 14.8 Å². The van der Waals surface area contributed by atoms with Gasteiger partial charge in [-0.15, -0.1) is 0 Å². The first-order chi connectivity index (χ1) is 16.7. The molecule has 186 valence electrons. The quantitative estimate of drug-likeness (QED) is 0.412. The normalized spacial score (nSPS) is 12.1. The molecule has 3 aromatic carbocycles. The van der Waals surface area contributed by atoms with Crippen LogP contribution in [-0.2, 0) is 14.8 Å². The van der Waals surface area contributed by atoms with E-state index in [-0.39, 0.29) is 17.5 Å². The van der Waals surface area contributed by atoms with Gasteiger partial charge in [-0.1, -0.05) is 44.2 Å². The largest absolute Gasteiger partial charge is 0.497 e. The van der Waals surface area contributed by atoms with Crippen molar-refractivity contribution in [3.8, 4) is 11.5 Å². The molecule has 0 heterocycles. The average molecular weight is 497 g/mol. The first kappa shape index (κ1) is 26.1. The highest BCUT2D eigenvalue weighted by atomic mass is 32.2. The Morgan fingerprint density at radius 1 is 0.857 bits per heavy atom. The molecule has 0 fully saturated rings. The van der Waals surface area contributed by atoms with Gasteiger partial charge in [-0.05, 0) is 66.4 Å². The van der Waals surface area contributed by atoms with E-state index in [4.69, 9.17) is 9.47 Å². The molecule has 0 spiro atoms. The molecule has 8 heteroatoms. The van der Waals surface area contributed by atoms with E-state index in [1.807, 2.05) is 24.3 Å². The van der Waals surface area contributed by atoms with Crippen LogP contribution in [0.5, 0.6) is 11.5 Å². The van der Waals surface area contributed by atoms with Crippen LogP contribution in [0.15, 0.2) is 83.8 Å². The topological polar surface area (TPSA) is 84.9 Å². The van der Waals surface area contributed by atoms with Gasteiger partial charge in [0.25, 0.3) is 10.0 Å². The number of carbonyl (C=O) groups is 1. The average Bonchev–Trinajstić information content (AvgIpc) is 2.87. The minimum atomic E-state index is -4.01. The van der Waals surface area contributed by atoms with E-state index < -0.39 is 15.9 Å². The Kier molecular flexibility index (Phi) is 8.76. The fraction of sp³-hybridized carbons (Fsp3) is 0.296. The lowest BCUT2D eigenvalue weighted by Gasteiger charge is -2.26. The number of sulfonamides is 1. The summed E-state index contributed by atoms with van der Waals surface area (Å²) in [5, 5.41) is 3.04. The number of methoxy groups -OCH3 is 2. The first-order valence-electron chi connectivity index (χ1n) is 11.4. The van der Waals surface area contributed by atoms with Crippen LogP contribution in [-0.4, -0.2) is 35.1 Å². The highest BCUT2D eigenvalue weighted by molar-refractivity contribution is 7.92. The Morgan fingerprint density at radius 3 is 1.91 bits per heavy atom. The van der Waals surface area contributed by atoms with Gasteiger partial charge in [0.05, 0.1) is 30.8 Å². The lowest BCUT2D eigenvalue weighted by atomic mass is 9.97. The van der Waals surface area contributed by atoms with Gasteiger partial charge in [0.1, 0.15) is 18.0 Å². The summed E-state index contributed by atoms with van der Waals surface area (Å²) < 4.78 is 38.6. The SMILES string of the molecule is COc1ccc(C(CC(C)C)NC(=O)CN(c2ccccc2)S(=O)(=O)c2ccc(OC)cc2)cc1. The minimum absolute atomic E-state index is 0.0730. The monoisotopic (exact) mass is 496 g/mol. The number of hydrogen-bond donors (Lipinski definition) is 1. The standard InChI is InChI=1S/C27H32N2O5S/c1-20(2)18-26(21-10-12-23(33-3)13-11-21)28-27(30)19-29(22-8-6-5-7-9-22)35(31,32)25-16-14-24(34-4)15-17-25/h5-17,20,26H,18-19H2,1-4H3,(H,28,30). The molecule has 1 atom stereocenters. The number of carbonyl (C=O) groups excluding carboxylic acids is 1. The molecular weight excluding hydrogens is 464 g/mol. The van der Waals surface area contributed by atoms with E-state index in [0.29, 0.717) is 23.8 Å². The van der Waals surface area contributed by atoms with Crippen molar-refractivity contribution in [3.63, 3.8) is 0 Å². The molecule has 1 unspecified atom stereocenters. The van der Waals surface area contributed by atoms with Gasteiger partial charge in [-0.25, -0.2) is 8.42 Å². The Morgan fingerprint density at radius 2 is 1.40 bits per heavy atom. The molecule has 1 amide bonds. The summed E-state index contributed by atoms with van der Waals surface area (Å²) in [6.45, 7) is 3.79. The van der Waals surface area contributed by atoms with E-state index in [1.54, 1.807) is 49.6 Å². The predicted molar refractivity (Wildman–Crippen MR) is 137 cm³/mol. The molecule has 0 saturated carbocycles. The molecule has 35 heavy (non-hydrogen) atoms. The van der Waals surface area contributed by atoms with Crippen molar-refractivity contribution in [3.05, 3.63) is 84.4 Å². The molecule has 0 aliphatic carbocycles. The number of nitrogens with zero attached hydrogens (tertiary/aromatic N) is 1. The highest BCUT2D eigenvalue weighted by Gasteiger charge is 2.28. The maximum atomic E-state index is 13.6. The van der Waals surface area contributed by atoms with Crippen molar-refractivity contribution in [1.82, 2.24) is 5.32 Å². The number of ether oxygens (including phenoxy) is 2. The van der Waals surface area contributed by atoms with Crippen LogP contribution in [0.1, 0.15) is 31.9 Å². The predicted octanol–water partition coefficient (Wildman–Crippen LogP) is 4.80. The van der Waals surface area contributed by atoms with E-state index in [1.165, 1.54) is 19.2 Å². The number of benzene rings is 3. The second kappa shape index (κ2) is 11.8. The van der Waals surface area contributed by atoms with E-state index in [0.717, 1.165) is 15.6 Å². The zero-order valence-corrected chi connectivity index (χ0v) is 21.3. The molecule has 0 bridgehead atoms. The summed E-state index contributed by atoms with van der Waals surface area (Å²) in [6, 6.07) is 22.0. The summed E-state index contributed by atoms with van der Waals surface area (Å²) in [5.74, 6) is 1.19. The number of nitrogens with one attached hydrogen (secondary N) is 1. The molecule has 0 saturated heterocycles. The van der Waals surface area contributed by atoms with Crippen LogP contribution in [0.25, 0.3) is 0 Å². The molecule has 0 aliphatic heterocycles. The van der Waals surface area contributed by atoms with Crippen molar-refractivity contribution in [2.75, 3.05) is 25.1 Å². The zero-order chi connectivity index (χ0) is 25.4. The van der Waals surface area contributed by atoms with Crippen LogP contribution >= 0.6 is 0 Å². The summed E-state index contributed by atoms with van der Waals surface area (Å²) in [7, 11) is -0.891. The number of hydrogen-bond acceptors (Lipinski definition) is 5. The van der Waals surface area contributed by atoms with Gasteiger partial charge in [0, 0.05) is 0 Å². The molecule has 7 nitrogen and oxygen atoms in total. The second-order valence-electron chi connectivity index (χ2n) is 8.55. The van der Waals surface area contributed by atoms with Crippen LogP contribution in [0.3, 0.4) is 0 Å².